The number of ether oxygens (including phenoxy) is 1. The number of rotatable bonds is 8. The largest absolute Gasteiger partial charge is 0.493 e. The van der Waals surface area contributed by atoms with E-state index in [0.717, 1.165) is 28.8 Å². The predicted molar refractivity (Wildman–Crippen MR) is 82.8 cm³/mol. The molecule has 2 N–H and O–H groups in total. The molecular formula is C15H21BrN2O2. The number of carbonyl (C=O) groups is 1. The lowest BCUT2D eigenvalue weighted by atomic mass is 10.2. The average molecular weight is 341 g/mol. The second-order valence-corrected chi connectivity index (χ2v) is 5.95. The van der Waals surface area contributed by atoms with Crippen LogP contribution in [0, 0.1) is 0 Å². The first-order valence-corrected chi connectivity index (χ1v) is 7.83. The van der Waals surface area contributed by atoms with Crippen molar-refractivity contribution >= 4 is 21.8 Å². The van der Waals surface area contributed by atoms with Crippen molar-refractivity contribution in [1.29, 1.82) is 0 Å². The van der Waals surface area contributed by atoms with Gasteiger partial charge >= 0.3 is 0 Å². The molecule has 1 aromatic carbocycles. The van der Waals surface area contributed by atoms with Crippen molar-refractivity contribution in [3.63, 3.8) is 0 Å². The summed E-state index contributed by atoms with van der Waals surface area (Å²) in [5, 5.41) is 6.10. The van der Waals surface area contributed by atoms with E-state index in [1.54, 1.807) is 7.05 Å². The third-order valence-corrected chi connectivity index (χ3v) is 3.76. The van der Waals surface area contributed by atoms with Crippen LogP contribution >= 0.6 is 15.9 Å². The Hall–Kier alpha value is -1.07. The fourth-order valence-electron chi connectivity index (χ4n) is 1.91. The summed E-state index contributed by atoms with van der Waals surface area (Å²) >= 11 is 3.49. The van der Waals surface area contributed by atoms with Crippen molar-refractivity contribution < 1.29 is 9.53 Å². The summed E-state index contributed by atoms with van der Waals surface area (Å²) in [6.07, 6.45) is 3.78. The Labute approximate surface area is 128 Å². The van der Waals surface area contributed by atoms with Gasteiger partial charge in [0.05, 0.1) is 6.61 Å². The van der Waals surface area contributed by atoms with Crippen LogP contribution in [0.25, 0.3) is 0 Å². The Bertz CT molecular complexity index is 461. The van der Waals surface area contributed by atoms with E-state index >= 15 is 0 Å². The van der Waals surface area contributed by atoms with Gasteiger partial charge in [-0.1, -0.05) is 15.9 Å². The first-order valence-electron chi connectivity index (χ1n) is 7.04. The molecule has 4 nitrogen and oxygen atoms in total. The van der Waals surface area contributed by atoms with Crippen molar-refractivity contribution in [2.45, 2.75) is 38.3 Å². The van der Waals surface area contributed by atoms with Gasteiger partial charge < -0.3 is 15.4 Å². The molecule has 1 aliphatic rings. The van der Waals surface area contributed by atoms with Gasteiger partial charge in [-0.25, -0.2) is 0 Å². The van der Waals surface area contributed by atoms with Crippen LogP contribution in [0.3, 0.4) is 0 Å². The van der Waals surface area contributed by atoms with Crippen molar-refractivity contribution in [2.24, 2.45) is 0 Å². The average Bonchev–Trinajstić information content (AvgIpc) is 3.26. The highest BCUT2D eigenvalue weighted by atomic mass is 79.9. The van der Waals surface area contributed by atoms with Crippen LogP contribution in [0.2, 0.25) is 0 Å². The SMILES string of the molecule is CNC(=O)CCCOc1ccc(Br)cc1CNC1CC1. The molecule has 20 heavy (non-hydrogen) atoms. The molecule has 2 rings (SSSR count). The quantitative estimate of drug-likeness (QED) is 0.715. The van der Waals surface area contributed by atoms with E-state index in [0.29, 0.717) is 19.1 Å². The molecule has 0 saturated heterocycles. The smallest absolute Gasteiger partial charge is 0.219 e. The summed E-state index contributed by atoms with van der Waals surface area (Å²) in [5.74, 6) is 0.957. The maximum Gasteiger partial charge on any atom is 0.219 e. The minimum absolute atomic E-state index is 0.0556. The number of hydrogen-bond acceptors (Lipinski definition) is 3. The number of amides is 1. The molecule has 0 heterocycles. The number of halogens is 1. The normalized spacial score (nSPS) is 14.1. The van der Waals surface area contributed by atoms with E-state index in [2.05, 4.69) is 32.6 Å². The van der Waals surface area contributed by atoms with Crippen LogP contribution in [-0.2, 0) is 11.3 Å². The molecule has 0 bridgehead atoms. The Morgan fingerprint density at radius 3 is 2.95 bits per heavy atom. The van der Waals surface area contributed by atoms with Gasteiger partial charge in [0, 0.05) is 36.1 Å². The number of benzene rings is 1. The minimum Gasteiger partial charge on any atom is -0.493 e. The molecule has 1 aliphatic carbocycles. The van der Waals surface area contributed by atoms with Crippen molar-refractivity contribution in [3.8, 4) is 5.75 Å². The summed E-state index contributed by atoms with van der Waals surface area (Å²) in [4.78, 5) is 11.1. The first kappa shape index (κ1) is 15.3. The molecule has 0 unspecified atom stereocenters. The summed E-state index contributed by atoms with van der Waals surface area (Å²) < 4.78 is 6.86. The number of carbonyl (C=O) groups excluding carboxylic acids is 1. The Morgan fingerprint density at radius 2 is 2.25 bits per heavy atom. The van der Waals surface area contributed by atoms with E-state index in [9.17, 15) is 4.79 Å². The Morgan fingerprint density at radius 1 is 1.45 bits per heavy atom. The molecule has 1 amide bonds. The van der Waals surface area contributed by atoms with Crippen LogP contribution in [0.1, 0.15) is 31.2 Å². The molecule has 0 atom stereocenters. The second-order valence-electron chi connectivity index (χ2n) is 5.03. The van der Waals surface area contributed by atoms with Gasteiger partial charge in [0.15, 0.2) is 0 Å². The maximum atomic E-state index is 11.1. The van der Waals surface area contributed by atoms with E-state index in [1.807, 2.05) is 12.1 Å². The van der Waals surface area contributed by atoms with Crippen LogP contribution < -0.4 is 15.4 Å². The second kappa shape index (κ2) is 7.64. The van der Waals surface area contributed by atoms with Gasteiger partial charge in [0.2, 0.25) is 5.91 Å². The molecule has 110 valence electrons. The summed E-state index contributed by atoms with van der Waals surface area (Å²) in [7, 11) is 1.65. The van der Waals surface area contributed by atoms with E-state index in [4.69, 9.17) is 4.74 Å². The number of hydrogen-bond donors (Lipinski definition) is 2. The van der Waals surface area contributed by atoms with Crippen LogP contribution in [0.5, 0.6) is 5.75 Å². The topological polar surface area (TPSA) is 50.4 Å². The summed E-state index contributed by atoms with van der Waals surface area (Å²) in [6, 6.07) is 6.72. The van der Waals surface area contributed by atoms with Crippen LogP contribution in [-0.4, -0.2) is 25.6 Å². The zero-order valence-corrected chi connectivity index (χ0v) is 13.3. The molecule has 1 fully saturated rings. The first-order chi connectivity index (χ1) is 9.69. The highest BCUT2D eigenvalue weighted by Crippen LogP contribution is 2.25. The highest BCUT2D eigenvalue weighted by Gasteiger charge is 2.20. The van der Waals surface area contributed by atoms with Crippen LogP contribution in [0.4, 0.5) is 0 Å². The molecule has 0 aromatic heterocycles. The fourth-order valence-corrected chi connectivity index (χ4v) is 2.32. The van der Waals surface area contributed by atoms with E-state index in [1.165, 1.54) is 12.8 Å². The molecular weight excluding hydrogens is 320 g/mol. The van der Waals surface area contributed by atoms with E-state index in [-0.39, 0.29) is 5.91 Å². The van der Waals surface area contributed by atoms with E-state index < -0.39 is 0 Å². The molecule has 1 saturated carbocycles. The Balaban J connectivity index is 1.83. The monoisotopic (exact) mass is 340 g/mol. The fraction of sp³-hybridized carbons (Fsp3) is 0.533. The highest BCUT2D eigenvalue weighted by molar-refractivity contribution is 9.10. The lowest BCUT2D eigenvalue weighted by molar-refractivity contribution is -0.120. The maximum absolute atomic E-state index is 11.1. The zero-order valence-electron chi connectivity index (χ0n) is 11.7. The van der Waals surface area contributed by atoms with Gasteiger partial charge in [0.1, 0.15) is 5.75 Å². The van der Waals surface area contributed by atoms with Gasteiger partial charge in [-0.3, -0.25) is 4.79 Å². The van der Waals surface area contributed by atoms with Gasteiger partial charge in [-0.15, -0.1) is 0 Å². The minimum atomic E-state index is 0.0556. The van der Waals surface area contributed by atoms with Crippen LogP contribution in [0.15, 0.2) is 22.7 Å². The Kier molecular flexibility index (Phi) is 5.86. The summed E-state index contributed by atoms with van der Waals surface area (Å²) in [5.41, 5.74) is 1.16. The zero-order chi connectivity index (χ0) is 14.4. The van der Waals surface area contributed by atoms with Gasteiger partial charge in [-0.2, -0.15) is 0 Å². The molecule has 5 heteroatoms. The third kappa shape index (κ3) is 5.13. The van der Waals surface area contributed by atoms with Crippen molar-refractivity contribution in [2.75, 3.05) is 13.7 Å². The third-order valence-electron chi connectivity index (χ3n) is 3.27. The van der Waals surface area contributed by atoms with Crippen molar-refractivity contribution in [3.05, 3.63) is 28.2 Å². The lowest BCUT2D eigenvalue weighted by Crippen LogP contribution is -2.18. The summed E-state index contributed by atoms with van der Waals surface area (Å²) in [6.45, 7) is 1.39. The van der Waals surface area contributed by atoms with Gasteiger partial charge in [0.25, 0.3) is 0 Å². The van der Waals surface area contributed by atoms with Crippen molar-refractivity contribution in [1.82, 2.24) is 10.6 Å². The molecule has 0 aliphatic heterocycles. The van der Waals surface area contributed by atoms with Gasteiger partial charge in [-0.05, 0) is 37.5 Å². The predicted octanol–water partition coefficient (Wildman–Crippen LogP) is 2.61. The lowest BCUT2D eigenvalue weighted by Gasteiger charge is -2.12. The molecule has 0 spiro atoms. The molecule has 1 aromatic rings. The molecule has 0 radical (unpaired) electrons. The number of nitrogens with one attached hydrogen (secondary N) is 2. The standard InChI is InChI=1S/C15H21BrN2O2/c1-17-15(19)3-2-8-20-14-7-4-12(16)9-11(14)10-18-13-5-6-13/h4,7,9,13,18H,2-3,5-6,8,10H2,1H3,(H,17,19).